The van der Waals surface area contributed by atoms with E-state index in [1.165, 1.54) is 0 Å². The predicted molar refractivity (Wildman–Crippen MR) is 135 cm³/mol. The van der Waals surface area contributed by atoms with Gasteiger partial charge in [-0.15, -0.1) is 0 Å². The summed E-state index contributed by atoms with van der Waals surface area (Å²) >= 11 is 0. The molecule has 182 valence electrons. The highest BCUT2D eigenvalue weighted by Crippen LogP contribution is 2.34. The number of anilines is 1. The molecule has 0 bridgehead atoms. The molecule has 3 aromatic rings. The van der Waals surface area contributed by atoms with E-state index >= 15 is 0 Å². The van der Waals surface area contributed by atoms with Gasteiger partial charge in [-0.3, -0.25) is 4.90 Å². The quantitative estimate of drug-likeness (QED) is 0.460. The van der Waals surface area contributed by atoms with Gasteiger partial charge in [-0.05, 0) is 51.0 Å². The molecule has 1 aliphatic rings. The Morgan fingerprint density at radius 3 is 2.35 bits per heavy atom. The minimum Gasteiger partial charge on any atom is -0.495 e. The lowest BCUT2D eigenvalue weighted by molar-refractivity contribution is 0.230. The molecule has 0 aliphatic carbocycles. The first-order valence-corrected chi connectivity index (χ1v) is 11.8. The Labute approximate surface area is 200 Å². The van der Waals surface area contributed by atoms with Crippen LogP contribution in [0, 0.1) is 6.92 Å². The fraction of sp³-hybridized carbons (Fsp3) is 0.444. The van der Waals surface area contributed by atoms with Crippen LogP contribution < -0.4 is 24.7 Å². The molecule has 7 nitrogen and oxygen atoms in total. The van der Waals surface area contributed by atoms with Crippen LogP contribution >= 0.6 is 0 Å². The van der Waals surface area contributed by atoms with Crippen molar-refractivity contribution in [2.45, 2.75) is 33.3 Å². The Balaban J connectivity index is 1.48. The molecule has 4 rings (SSSR count). The van der Waals surface area contributed by atoms with Crippen LogP contribution in [-0.2, 0) is 6.42 Å². The van der Waals surface area contributed by atoms with Gasteiger partial charge in [-0.25, -0.2) is 4.79 Å². The Kier molecular flexibility index (Phi) is 7.32. The number of nitrogens with zero attached hydrogens (tertiary/aromatic N) is 2. The maximum atomic E-state index is 12.8. The zero-order valence-corrected chi connectivity index (χ0v) is 20.7. The molecular weight excluding hydrogens is 432 g/mol. The molecule has 0 unspecified atom stereocenters. The first-order valence-electron chi connectivity index (χ1n) is 11.8. The van der Waals surface area contributed by atoms with Gasteiger partial charge >= 0.3 is 5.63 Å². The number of para-hydroxylation sites is 2. The van der Waals surface area contributed by atoms with Gasteiger partial charge in [0.25, 0.3) is 0 Å². The third kappa shape index (κ3) is 4.99. The van der Waals surface area contributed by atoms with Crippen LogP contribution in [0.1, 0.15) is 25.0 Å². The number of methoxy groups -OCH3 is 2. The van der Waals surface area contributed by atoms with Gasteiger partial charge in [0.05, 0.1) is 26.0 Å². The lowest BCUT2D eigenvalue weighted by Crippen LogP contribution is -2.47. The van der Waals surface area contributed by atoms with Gasteiger partial charge in [-0.1, -0.05) is 12.1 Å². The summed E-state index contributed by atoms with van der Waals surface area (Å²) in [5.74, 6) is 2.11. The Hall–Kier alpha value is -3.19. The lowest BCUT2D eigenvalue weighted by Gasteiger charge is -2.36. The number of benzene rings is 2. The molecular formula is C27H34N2O5. The summed E-state index contributed by atoms with van der Waals surface area (Å²) in [6, 6.07) is 11.8. The maximum absolute atomic E-state index is 12.8. The van der Waals surface area contributed by atoms with E-state index in [0.29, 0.717) is 23.5 Å². The summed E-state index contributed by atoms with van der Waals surface area (Å²) in [5, 5.41) is 0.882. The van der Waals surface area contributed by atoms with Crippen molar-refractivity contribution in [3.05, 3.63) is 57.9 Å². The minimum absolute atomic E-state index is 0.0105. The number of ether oxygens (including phenoxy) is 3. The minimum atomic E-state index is -0.280. The summed E-state index contributed by atoms with van der Waals surface area (Å²) in [4.78, 5) is 17.6. The summed E-state index contributed by atoms with van der Waals surface area (Å²) < 4.78 is 22.6. The van der Waals surface area contributed by atoms with Crippen molar-refractivity contribution in [3.63, 3.8) is 0 Å². The number of aryl methyl sites for hydroxylation is 1. The first kappa shape index (κ1) is 24.0. The summed E-state index contributed by atoms with van der Waals surface area (Å²) in [6.07, 6.45) is 0.655. The smallest absolute Gasteiger partial charge is 0.339 e. The molecule has 1 saturated heterocycles. The standard InChI is InChI=1S/C27H34N2O5/c1-18(2)33-26-16-21-19(3)20(27(30)34-24(21)17-25(26)32-5)10-11-28-12-14-29(15-13-28)22-8-6-7-9-23(22)31-4/h6-9,16-18H,10-15H2,1-5H3. The molecule has 0 N–H and O–H groups in total. The summed E-state index contributed by atoms with van der Waals surface area (Å²) in [5.41, 5.74) is 3.03. The average molecular weight is 467 g/mol. The predicted octanol–water partition coefficient (Wildman–Crippen LogP) is 4.27. The number of hydrogen-bond acceptors (Lipinski definition) is 7. The van der Waals surface area contributed by atoms with Crippen LogP contribution in [0.2, 0.25) is 0 Å². The monoisotopic (exact) mass is 466 g/mol. The van der Waals surface area contributed by atoms with E-state index in [-0.39, 0.29) is 11.7 Å². The highest BCUT2D eigenvalue weighted by molar-refractivity contribution is 5.84. The molecule has 0 radical (unpaired) electrons. The SMILES string of the molecule is COc1cc2oc(=O)c(CCN3CCN(c4ccccc4OC)CC3)c(C)c2cc1OC(C)C. The normalized spacial score (nSPS) is 14.6. The molecule has 1 aliphatic heterocycles. The summed E-state index contributed by atoms with van der Waals surface area (Å²) in [7, 11) is 3.29. The van der Waals surface area contributed by atoms with Crippen LogP contribution in [0.25, 0.3) is 11.0 Å². The van der Waals surface area contributed by atoms with Gasteiger partial charge < -0.3 is 23.5 Å². The highest BCUT2D eigenvalue weighted by Gasteiger charge is 2.21. The van der Waals surface area contributed by atoms with Crippen molar-refractivity contribution in [2.24, 2.45) is 0 Å². The molecule has 1 fully saturated rings. The second-order valence-corrected chi connectivity index (χ2v) is 8.91. The third-order valence-corrected chi connectivity index (χ3v) is 6.41. The number of piperazine rings is 1. The lowest BCUT2D eigenvalue weighted by atomic mass is 10.0. The van der Waals surface area contributed by atoms with Crippen molar-refractivity contribution in [1.29, 1.82) is 0 Å². The number of hydrogen-bond donors (Lipinski definition) is 0. The maximum Gasteiger partial charge on any atom is 0.339 e. The van der Waals surface area contributed by atoms with E-state index in [1.807, 2.05) is 45.0 Å². The van der Waals surface area contributed by atoms with E-state index < -0.39 is 0 Å². The fourth-order valence-corrected chi connectivity index (χ4v) is 4.56. The van der Waals surface area contributed by atoms with Gasteiger partial charge in [0.15, 0.2) is 11.5 Å². The van der Waals surface area contributed by atoms with E-state index in [9.17, 15) is 4.79 Å². The zero-order chi connectivity index (χ0) is 24.2. The van der Waals surface area contributed by atoms with Gasteiger partial charge in [0.2, 0.25) is 0 Å². The van der Waals surface area contributed by atoms with Crippen molar-refractivity contribution in [2.75, 3.05) is 51.8 Å². The van der Waals surface area contributed by atoms with Gasteiger partial charge in [0, 0.05) is 49.7 Å². The Morgan fingerprint density at radius 2 is 1.68 bits per heavy atom. The molecule has 0 spiro atoms. The van der Waals surface area contributed by atoms with Crippen LogP contribution in [0.15, 0.2) is 45.6 Å². The average Bonchev–Trinajstić information content (AvgIpc) is 2.84. The fourth-order valence-electron chi connectivity index (χ4n) is 4.56. The number of rotatable bonds is 8. The highest BCUT2D eigenvalue weighted by atomic mass is 16.5. The second-order valence-electron chi connectivity index (χ2n) is 8.91. The van der Waals surface area contributed by atoms with Crippen molar-refractivity contribution in [1.82, 2.24) is 4.90 Å². The van der Waals surface area contributed by atoms with E-state index in [4.69, 9.17) is 18.6 Å². The zero-order valence-electron chi connectivity index (χ0n) is 20.7. The third-order valence-electron chi connectivity index (χ3n) is 6.41. The molecule has 0 saturated carbocycles. The molecule has 0 atom stereocenters. The molecule has 2 heterocycles. The summed E-state index contributed by atoms with van der Waals surface area (Å²) in [6.45, 7) is 10.4. The topological polar surface area (TPSA) is 64.4 Å². The van der Waals surface area contributed by atoms with Gasteiger partial charge in [-0.2, -0.15) is 0 Å². The molecule has 0 amide bonds. The van der Waals surface area contributed by atoms with Crippen molar-refractivity contribution >= 4 is 16.7 Å². The molecule has 34 heavy (non-hydrogen) atoms. The van der Waals surface area contributed by atoms with E-state index in [2.05, 4.69) is 15.9 Å². The van der Waals surface area contributed by atoms with Crippen LogP contribution in [0.5, 0.6) is 17.2 Å². The first-order chi connectivity index (χ1) is 16.4. The second kappa shape index (κ2) is 10.4. The molecule has 1 aromatic heterocycles. The van der Waals surface area contributed by atoms with Crippen LogP contribution in [0.3, 0.4) is 0 Å². The van der Waals surface area contributed by atoms with Gasteiger partial charge in [0.1, 0.15) is 11.3 Å². The Morgan fingerprint density at radius 1 is 0.971 bits per heavy atom. The van der Waals surface area contributed by atoms with Crippen molar-refractivity contribution in [3.8, 4) is 17.2 Å². The van der Waals surface area contributed by atoms with Crippen LogP contribution in [0.4, 0.5) is 5.69 Å². The largest absolute Gasteiger partial charge is 0.495 e. The van der Waals surface area contributed by atoms with Crippen LogP contribution in [-0.4, -0.2) is 57.9 Å². The van der Waals surface area contributed by atoms with E-state index in [0.717, 1.165) is 60.7 Å². The molecule has 2 aromatic carbocycles. The number of fused-ring (bicyclic) bond motifs is 1. The van der Waals surface area contributed by atoms with E-state index in [1.54, 1.807) is 20.3 Å². The molecule has 7 heteroatoms. The Bertz CT molecular complexity index is 1200. The van der Waals surface area contributed by atoms with Crippen molar-refractivity contribution < 1.29 is 18.6 Å².